The zero-order valence-electron chi connectivity index (χ0n) is 9.20. The van der Waals surface area contributed by atoms with Gasteiger partial charge in [-0.2, -0.15) is 0 Å². The third kappa shape index (κ3) is 2.12. The van der Waals surface area contributed by atoms with E-state index in [4.69, 9.17) is 5.73 Å². The van der Waals surface area contributed by atoms with Crippen molar-refractivity contribution in [2.45, 2.75) is 13.5 Å². The van der Waals surface area contributed by atoms with Gasteiger partial charge in [-0.05, 0) is 35.2 Å². The second-order valence-electron chi connectivity index (χ2n) is 3.87. The van der Waals surface area contributed by atoms with Gasteiger partial charge in [0.2, 0.25) is 0 Å². The van der Waals surface area contributed by atoms with Crippen LogP contribution in [0.3, 0.4) is 0 Å². The van der Waals surface area contributed by atoms with Crippen molar-refractivity contribution in [3.63, 3.8) is 0 Å². The van der Waals surface area contributed by atoms with Crippen molar-refractivity contribution in [2.24, 2.45) is 5.73 Å². The topological polar surface area (TPSA) is 26.0 Å². The first-order valence-corrected chi connectivity index (χ1v) is 5.26. The van der Waals surface area contributed by atoms with Gasteiger partial charge in [0.1, 0.15) is 5.82 Å². The van der Waals surface area contributed by atoms with Crippen LogP contribution in [0.4, 0.5) is 4.39 Å². The van der Waals surface area contributed by atoms with Gasteiger partial charge >= 0.3 is 0 Å². The van der Waals surface area contributed by atoms with Crippen LogP contribution >= 0.6 is 0 Å². The smallest absolute Gasteiger partial charge is 0.126 e. The van der Waals surface area contributed by atoms with Gasteiger partial charge in [-0.25, -0.2) is 4.39 Å². The lowest BCUT2D eigenvalue weighted by molar-refractivity contribution is 0.619. The van der Waals surface area contributed by atoms with Crippen molar-refractivity contribution in [1.29, 1.82) is 0 Å². The predicted octanol–water partition coefficient (Wildman–Crippen LogP) is 3.26. The molecule has 0 aliphatic carbocycles. The Morgan fingerprint density at radius 3 is 2.19 bits per heavy atom. The highest BCUT2D eigenvalue weighted by molar-refractivity contribution is 5.64. The van der Waals surface area contributed by atoms with Crippen LogP contribution in [-0.4, -0.2) is 0 Å². The van der Waals surface area contributed by atoms with Gasteiger partial charge < -0.3 is 5.73 Å². The highest BCUT2D eigenvalue weighted by atomic mass is 19.1. The molecule has 2 aromatic carbocycles. The number of hydrogen-bond acceptors (Lipinski definition) is 1. The van der Waals surface area contributed by atoms with E-state index in [1.165, 1.54) is 0 Å². The molecular formula is C14H14FN. The van der Waals surface area contributed by atoms with Crippen LogP contribution in [0, 0.1) is 12.7 Å². The molecular weight excluding hydrogens is 201 g/mol. The SMILES string of the molecule is Cc1ccc(-c2ccc(CN)cc2)cc1F. The van der Waals surface area contributed by atoms with Gasteiger partial charge in [0.05, 0.1) is 0 Å². The molecule has 0 heterocycles. The highest BCUT2D eigenvalue weighted by Crippen LogP contribution is 2.22. The lowest BCUT2D eigenvalue weighted by Gasteiger charge is -2.04. The lowest BCUT2D eigenvalue weighted by atomic mass is 10.0. The molecule has 0 aliphatic rings. The Morgan fingerprint density at radius 1 is 1.00 bits per heavy atom. The number of benzene rings is 2. The molecule has 0 unspecified atom stereocenters. The third-order valence-electron chi connectivity index (χ3n) is 2.69. The summed E-state index contributed by atoms with van der Waals surface area (Å²) in [6.45, 7) is 2.29. The first-order valence-electron chi connectivity index (χ1n) is 5.26. The predicted molar refractivity (Wildman–Crippen MR) is 64.5 cm³/mol. The minimum absolute atomic E-state index is 0.166. The van der Waals surface area contributed by atoms with Gasteiger partial charge in [-0.3, -0.25) is 0 Å². The molecule has 0 aliphatic heterocycles. The summed E-state index contributed by atoms with van der Waals surface area (Å²) in [6, 6.07) is 13.1. The second-order valence-corrected chi connectivity index (χ2v) is 3.87. The number of aryl methyl sites for hydroxylation is 1. The molecule has 2 N–H and O–H groups in total. The third-order valence-corrected chi connectivity index (χ3v) is 2.69. The Hall–Kier alpha value is -1.67. The van der Waals surface area contributed by atoms with Crippen molar-refractivity contribution >= 4 is 0 Å². The first kappa shape index (κ1) is 10.8. The van der Waals surface area contributed by atoms with Crippen LogP contribution in [0.2, 0.25) is 0 Å². The van der Waals surface area contributed by atoms with E-state index in [0.717, 1.165) is 16.7 Å². The number of rotatable bonds is 2. The average molecular weight is 215 g/mol. The molecule has 1 nitrogen and oxygen atoms in total. The lowest BCUT2D eigenvalue weighted by Crippen LogP contribution is -1.95. The van der Waals surface area contributed by atoms with Crippen LogP contribution in [0.5, 0.6) is 0 Å². The van der Waals surface area contributed by atoms with Crippen LogP contribution in [0.25, 0.3) is 11.1 Å². The molecule has 0 amide bonds. The maximum absolute atomic E-state index is 13.4. The minimum atomic E-state index is -0.166. The Labute approximate surface area is 94.7 Å². The van der Waals surface area contributed by atoms with Crippen LogP contribution in [0.1, 0.15) is 11.1 Å². The van der Waals surface area contributed by atoms with Gasteiger partial charge in [-0.15, -0.1) is 0 Å². The summed E-state index contributed by atoms with van der Waals surface area (Å²) in [5.41, 5.74) is 9.18. The summed E-state index contributed by atoms with van der Waals surface area (Å²) in [6.07, 6.45) is 0. The van der Waals surface area contributed by atoms with E-state index < -0.39 is 0 Å². The quantitative estimate of drug-likeness (QED) is 0.817. The minimum Gasteiger partial charge on any atom is -0.326 e. The summed E-state index contributed by atoms with van der Waals surface area (Å²) >= 11 is 0. The molecule has 0 radical (unpaired) electrons. The summed E-state index contributed by atoms with van der Waals surface area (Å²) in [7, 11) is 0. The summed E-state index contributed by atoms with van der Waals surface area (Å²) < 4.78 is 13.4. The number of nitrogens with two attached hydrogens (primary N) is 1. The number of hydrogen-bond donors (Lipinski definition) is 1. The fourth-order valence-electron chi connectivity index (χ4n) is 1.61. The van der Waals surface area contributed by atoms with Gasteiger partial charge in [-0.1, -0.05) is 36.4 Å². The van der Waals surface area contributed by atoms with Crippen molar-refractivity contribution in [2.75, 3.05) is 0 Å². The van der Waals surface area contributed by atoms with Gasteiger partial charge in [0.25, 0.3) is 0 Å². The van der Waals surface area contributed by atoms with Gasteiger partial charge in [0.15, 0.2) is 0 Å². The Morgan fingerprint density at radius 2 is 1.62 bits per heavy atom. The molecule has 82 valence electrons. The van der Waals surface area contributed by atoms with E-state index in [0.29, 0.717) is 12.1 Å². The van der Waals surface area contributed by atoms with Crippen LogP contribution in [0.15, 0.2) is 42.5 Å². The van der Waals surface area contributed by atoms with Crippen molar-refractivity contribution in [1.82, 2.24) is 0 Å². The molecule has 2 rings (SSSR count). The zero-order chi connectivity index (χ0) is 11.5. The van der Waals surface area contributed by atoms with Crippen LogP contribution in [-0.2, 0) is 6.54 Å². The van der Waals surface area contributed by atoms with E-state index in [1.807, 2.05) is 30.3 Å². The maximum atomic E-state index is 13.4. The molecule has 0 atom stereocenters. The first-order chi connectivity index (χ1) is 7.70. The molecule has 0 saturated carbocycles. The Kier molecular flexibility index (Phi) is 3.02. The molecule has 0 saturated heterocycles. The second kappa shape index (κ2) is 4.45. The maximum Gasteiger partial charge on any atom is 0.126 e. The molecule has 2 heteroatoms. The summed E-state index contributed by atoms with van der Waals surface area (Å²) in [5.74, 6) is -0.166. The molecule has 2 aromatic rings. The molecule has 0 aromatic heterocycles. The summed E-state index contributed by atoms with van der Waals surface area (Å²) in [5, 5.41) is 0. The average Bonchev–Trinajstić information content (AvgIpc) is 2.33. The Bertz CT molecular complexity index is 489. The molecule has 0 fully saturated rings. The molecule has 0 spiro atoms. The van der Waals surface area contributed by atoms with Crippen molar-refractivity contribution in [3.05, 3.63) is 59.4 Å². The fraction of sp³-hybridized carbons (Fsp3) is 0.143. The largest absolute Gasteiger partial charge is 0.326 e. The monoisotopic (exact) mass is 215 g/mol. The summed E-state index contributed by atoms with van der Waals surface area (Å²) in [4.78, 5) is 0. The van der Waals surface area contributed by atoms with E-state index in [1.54, 1.807) is 19.1 Å². The van der Waals surface area contributed by atoms with Crippen molar-refractivity contribution in [3.8, 4) is 11.1 Å². The normalized spacial score (nSPS) is 10.4. The van der Waals surface area contributed by atoms with E-state index in [9.17, 15) is 4.39 Å². The van der Waals surface area contributed by atoms with Crippen LogP contribution < -0.4 is 5.73 Å². The molecule has 16 heavy (non-hydrogen) atoms. The highest BCUT2D eigenvalue weighted by Gasteiger charge is 2.01. The zero-order valence-corrected chi connectivity index (χ0v) is 9.20. The van der Waals surface area contributed by atoms with E-state index >= 15 is 0 Å². The fourth-order valence-corrected chi connectivity index (χ4v) is 1.61. The van der Waals surface area contributed by atoms with Gasteiger partial charge in [0, 0.05) is 6.54 Å². The number of halogens is 1. The molecule has 0 bridgehead atoms. The Balaban J connectivity index is 2.38. The standard InChI is InChI=1S/C14H14FN/c1-10-2-5-13(8-14(10)15)12-6-3-11(9-16)4-7-12/h2-8H,9,16H2,1H3. The van der Waals surface area contributed by atoms with E-state index in [2.05, 4.69) is 0 Å². The van der Waals surface area contributed by atoms with Crippen molar-refractivity contribution < 1.29 is 4.39 Å². The van der Waals surface area contributed by atoms with E-state index in [-0.39, 0.29) is 5.82 Å².